The maximum atomic E-state index is 12.3. The Labute approximate surface area is 257 Å². The summed E-state index contributed by atoms with van der Waals surface area (Å²) in [5.41, 5.74) is 7.80. The smallest absolute Gasteiger partial charge is 0.206 e. The van der Waals surface area contributed by atoms with Gasteiger partial charge in [-0.3, -0.25) is 0 Å². The minimum atomic E-state index is -4.72. The molecule has 0 bridgehead atoms. The molecule has 4 aromatic rings. The van der Waals surface area contributed by atoms with Crippen LogP contribution in [0.25, 0.3) is 5.57 Å². The molecule has 1 aliphatic carbocycles. The predicted octanol–water partition coefficient (Wildman–Crippen LogP) is 8.15. The Morgan fingerprint density at radius 2 is 1.27 bits per heavy atom. The van der Waals surface area contributed by atoms with Crippen molar-refractivity contribution < 1.29 is 17.5 Å². The fraction of sp³-hybridized carbons (Fsp3) is 0.0606. The molecule has 0 spiro atoms. The van der Waals surface area contributed by atoms with Crippen LogP contribution in [0.2, 0.25) is 0 Å². The molecule has 8 heteroatoms. The predicted molar refractivity (Wildman–Crippen MR) is 173 cm³/mol. The van der Waals surface area contributed by atoms with E-state index in [0.717, 1.165) is 33.9 Å². The maximum absolute atomic E-state index is 12.3. The van der Waals surface area contributed by atoms with Crippen LogP contribution < -0.4 is 4.90 Å². The zero-order chi connectivity index (χ0) is 28.8. The molecule has 0 saturated heterocycles. The SMILES string of the molecule is O=S(=O)([O-])c1ccccc1C(=C1C=CC(=[N+](CBr)c2ccccc2)C=C1)c1ccc(N(CBr)c2ccccc2)cc1. The van der Waals surface area contributed by atoms with Crippen LogP contribution in [0, 0.1) is 0 Å². The highest BCUT2D eigenvalue weighted by atomic mass is 79.9. The lowest BCUT2D eigenvalue weighted by atomic mass is 9.90. The van der Waals surface area contributed by atoms with Crippen molar-refractivity contribution in [3.05, 3.63) is 150 Å². The second-order valence-corrected chi connectivity index (χ2v) is 11.5. The summed E-state index contributed by atoms with van der Waals surface area (Å²) in [6.07, 6.45) is 7.91. The van der Waals surface area contributed by atoms with Crippen molar-refractivity contribution in [3.8, 4) is 0 Å². The Hall–Kier alpha value is -3.56. The van der Waals surface area contributed by atoms with Gasteiger partial charge in [-0.05, 0) is 75.1 Å². The van der Waals surface area contributed by atoms with Gasteiger partial charge >= 0.3 is 0 Å². The fourth-order valence-corrected chi connectivity index (χ4v) is 6.62. The van der Waals surface area contributed by atoms with E-state index in [1.54, 1.807) is 18.2 Å². The van der Waals surface area contributed by atoms with Crippen LogP contribution in [0.1, 0.15) is 11.1 Å². The first-order chi connectivity index (χ1) is 19.9. The van der Waals surface area contributed by atoms with Crippen molar-refractivity contribution in [3.63, 3.8) is 0 Å². The number of hydrogen-bond donors (Lipinski definition) is 0. The molecule has 0 amide bonds. The number of hydrogen-bond acceptors (Lipinski definition) is 4. The van der Waals surface area contributed by atoms with Crippen molar-refractivity contribution in [2.24, 2.45) is 0 Å². The number of para-hydroxylation sites is 2. The minimum Gasteiger partial charge on any atom is -0.744 e. The highest BCUT2D eigenvalue weighted by Gasteiger charge is 2.20. The number of anilines is 2. The zero-order valence-electron chi connectivity index (χ0n) is 21.9. The summed E-state index contributed by atoms with van der Waals surface area (Å²) in [7, 11) is -4.72. The van der Waals surface area contributed by atoms with Gasteiger partial charge < -0.3 is 9.45 Å². The number of alkyl halides is 2. The average Bonchev–Trinajstić information content (AvgIpc) is 3.00. The van der Waals surface area contributed by atoms with Crippen LogP contribution in [0.5, 0.6) is 0 Å². The number of nitrogens with zero attached hydrogens (tertiary/aromatic N) is 2. The molecule has 41 heavy (non-hydrogen) atoms. The van der Waals surface area contributed by atoms with Gasteiger partial charge in [0.25, 0.3) is 0 Å². The average molecular weight is 690 g/mol. The van der Waals surface area contributed by atoms with Crippen molar-refractivity contribution in [1.82, 2.24) is 0 Å². The lowest BCUT2D eigenvalue weighted by Gasteiger charge is -2.23. The van der Waals surface area contributed by atoms with Gasteiger partial charge in [0.15, 0.2) is 0 Å². The monoisotopic (exact) mass is 688 g/mol. The van der Waals surface area contributed by atoms with Crippen molar-refractivity contribution in [1.29, 1.82) is 0 Å². The fourth-order valence-electron chi connectivity index (χ4n) is 4.77. The normalized spacial score (nSPS) is 12.9. The molecule has 0 N–H and O–H groups in total. The quantitative estimate of drug-likeness (QED) is 0.0811. The molecule has 0 fully saturated rings. The summed E-state index contributed by atoms with van der Waals surface area (Å²) >= 11 is 7.19. The first-order valence-electron chi connectivity index (χ1n) is 12.8. The second-order valence-electron chi connectivity index (χ2n) is 9.19. The molecule has 0 saturated carbocycles. The van der Waals surface area contributed by atoms with E-state index >= 15 is 0 Å². The Balaban J connectivity index is 1.64. The molecule has 0 heterocycles. The number of allylic oxidation sites excluding steroid dienone is 5. The van der Waals surface area contributed by atoms with Gasteiger partial charge in [0, 0.05) is 41.2 Å². The summed E-state index contributed by atoms with van der Waals surface area (Å²) in [5.74, 6) is 0. The third-order valence-electron chi connectivity index (χ3n) is 6.74. The van der Waals surface area contributed by atoms with E-state index in [1.165, 1.54) is 6.07 Å². The Kier molecular flexibility index (Phi) is 9.15. The zero-order valence-corrected chi connectivity index (χ0v) is 25.9. The first-order valence-corrected chi connectivity index (χ1v) is 16.5. The largest absolute Gasteiger partial charge is 0.744 e. The Bertz CT molecular complexity index is 1750. The molecular formula is C33H26Br2N2O3S. The standard InChI is InChI=1S/C33H26Br2N2O3S/c34-23-36(27-9-3-1-4-10-27)29-19-15-25(16-20-29)33(31-13-7-8-14-32(31)41(38,39)40)26-17-21-30(22-18-26)37(24-35)28-11-5-2-6-12-28/h1-22H,23-24H2. The van der Waals surface area contributed by atoms with Crippen molar-refractivity contribution in [2.75, 3.05) is 15.8 Å². The van der Waals surface area contributed by atoms with Crippen LogP contribution in [0.15, 0.2) is 144 Å². The van der Waals surface area contributed by atoms with Crippen molar-refractivity contribution >= 4 is 70.3 Å². The number of halogens is 2. The minimum absolute atomic E-state index is 0.249. The third kappa shape index (κ3) is 6.52. The first kappa shape index (κ1) is 29.0. The summed E-state index contributed by atoms with van der Waals surface area (Å²) in [6, 6.07) is 34.3. The van der Waals surface area contributed by atoms with Gasteiger partial charge in [-0.2, -0.15) is 4.58 Å². The van der Waals surface area contributed by atoms with Gasteiger partial charge in [-0.15, -0.1) is 0 Å². The third-order valence-corrected chi connectivity index (χ3v) is 8.63. The second kappa shape index (κ2) is 13.0. The van der Waals surface area contributed by atoms with Crippen LogP contribution in [-0.2, 0) is 10.1 Å². The van der Waals surface area contributed by atoms with Gasteiger partial charge in [-0.25, -0.2) is 8.42 Å². The molecule has 0 radical (unpaired) electrons. The van der Waals surface area contributed by atoms with Crippen LogP contribution in [-0.4, -0.2) is 34.2 Å². The summed E-state index contributed by atoms with van der Waals surface area (Å²) in [6.45, 7) is 0. The van der Waals surface area contributed by atoms with E-state index in [1.807, 2.05) is 109 Å². The van der Waals surface area contributed by atoms with E-state index in [2.05, 4.69) is 41.3 Å². The van der Waals surface area contributed by atoms with Gasteiger partial charge in [0.1, 0.15) is 10.1 Å². The van der Waals surface area contributed by atoms with E-state index in [-0.39, 0.29) is 4.90 Å². The number of benzene rings is 4. The molecule has 0 atom stereocenters. The number of rotatable bonds is 8. The van der Waals surface area contributed by atoms with Crippen LogP contribution in [0.4, 0.5) is 17.1 Å². The maximum Gasteiger partial charge on any atom is 0.206 e. The molecular weight excluding hydrogens is 664 g/mol. The van der Waals surface area contributed by atoms with Crippen LogP contribution in [0.3, 0.4) is 0 Å². The molecule has 0 aliphatic heterocycles. The molecule has 0 aromatic heterocycles. The molecule has 206 valence electrons. The summed E-state index contributed by atoms with van der Waals surface area (Å²) in [5, 5.41) is 0. The summed E-state index contributed by atoms with van der Waals surface area (Å²) < 4.78 is 39.0. The highest BCUT2D eigenvalue weighted by Crippen LogP contribution is 2.35. The lowest BCUT2D eigenvalue weighted by molar-refractivity contribution is -0.412. The van der Waals surface area contributed by atoms with Gasteiger partial charge in [0.2, 0.25) is 16.9 Å². The van der Waals surface area contributed by atoms with E-state index in [0.29, 0.717) is 22.0 Å². The van der Waals surface area contributed by atoms with E-state index < -0.39 is 10.1 Å². The highest BCUT2D eigenvalue weighted by molar-refractivity contribution is 9.09. The Morgan fingerprint density at radius 1 is 0.707 bits per heavy atom. The lowest BCUT2D eigenvalue weighted by Crippen LogP contribution is -2.14. The van der Waals surface area contributed by atoms with Gasteiger partial charge in [0.05, 0.1) is 10.3 Å². The Morgan fingerprint density at radius 3 is 1.85 bits per heavy atom. The van der Waals surface area contributed by atoms with E-state index in [9.17, 15) is 13.0 Å². The topological polar surface area (TPSA) is 63.5 Å². The summed E-state index contributed by atoms with van der Waals surface area (Å²) in [4.78, 5) is 1.87. The molecule has 0 unspecified atom stereocenters. The molecule has 5 rings (SSSR count). The molecule has 4 aromatic carbocycles. The molecule has 5 nitrogen and oxygen atoms in total. The molecule has 1 aliphatic rings. The van der Waals surface area contributed by atoms with E-state index in [4.69, 9.17) is 0 Å². The van der Waals surface area contributed by atoms with Crippen LogP contribution >= 0.6 is 31.9 Å². The van der Waals surface area contributed by atoms with Crippen molar-refractivity contribution in [2.45, 2.75) is 4.90 Å². The van der Waals surface area contributed by atoms with Gasteiger partial charge in [-0.1, -0.05) is 82.7 Å².